The van der Waals surface area contributed by atoms with Crippen LogP contribution in [0, 0.1) is 11.8 Å². The fourth-order valence-electron chi connectivity index (χ4n) is 1.63. The van der Waals surface area contributed by atoms with Crippen LogP contribution >= 0.6 is 0 Å². The molecule has 0 radical (unpaired) electrons. The maximum atomic E-state index is 11.8. The van der Waals surface area contributed by atoms with Gasteiger partial charge in [-0.15, -0.1) is 5.73 Å². The predicted molar refractivity (Wildman–Crippen MR) is 75.6 cm³/mol. The third-order valence-corrected chi connectivity index (χ3v) is 4.65. The molecule has 0 bridgehead atoms. The van der Waals surface area contributed by atoms with Crippen molar-refractivity contribution in [1.29, 1.82) is 0 Å². The Morgan fingerprint density at radius 3 is 2.18 bits per heavy atom. The Labute approximate surface area is 107 Å². The highest BCUT2D eigenvalue weighted by Gasteiger charge is 2.29. The molecule has 0 unspecified atom stereocenters. The van der Waals surface area contributed by atoms with Crippen molar-refractivity contribution in [2.45, 2.75) is 47.3 Å². The summed E-state index contributed by atoms with van der Waals surface area (Å²) in [6.07, 6.45) is 2.04. The molecule has 17 heavy (non-hydrogen) atoms. The molecule has 0 spiro atoms. The molecule has 2 nitrogen and oxygen atoms in total. The minimum atomic E-state index is -1.53. The molecule has 0 rings (SSSR count). The van der Waals surface area contributed by atoms with Gasteiger partial charge in [0.05, 0.1) is 20.6 Å². The maximum absolute atomic E-state index is 11.8. The smallest absolute Gasteiger partial charge is 0.313 e. The minimum Gasteiger partial charge on any atom is -0.466 e. The van der Waals surface area contributed by atoms with E-state index in [2.05, 4.69) is 39.2 Å². The van der Waals surface area contributed by atoms with E-state index in [4.69, 9.17) is 4.74 Å². The van der Waals surface area contributed by atoms with E-state index in [-0.39, 0.29) is 11.9 Å². The number of rotatable bonds is 5. The van der Waals surface area contributed by atoms with Crippen LogP contribution in [0.4, 0.5) is 0 Å². The first-order valence-electron chi connectivity index (χ1n) is 6.34. The number of esters is 1. The van der Waals surface area contributed by atoms with Gasteiger partial charge in [0.15, 0.2) is 0 Å². The molecule has 0 N–H and O–H groups in total. The van der Waals surface area contributed by atoms with E-state index in [9.17, 15) is 4.79 Å². The molecule has 0 aliphatic rings. The zero-order valence-corrected chi connectivity index (χ0v) is 13.3. The van der Waals surface area contributed by atoms with Gasteiger partial charge in [-0.2, -0.15) is 0 Å². The Hall–Kier alpha value is -0.793. The van der Waals surface area contributed by atoms with E-state index >= 15 is 0 Å². The van der Waals surface area contributed by atoms with E-state index in [0.717, 1.165) is 5.20 Å². The molecule has 0 saturated heterocycles. The molecule has 0 fully saturated rings. The van der Waals surface area contributed by atoms with Gasteiger partial charge in [-0.1, -0.05) is 33.5 Å². The van der Waals surface area contributed by atoms with Crippen molar-refractivity contribution in [3.63, 3.8) is 0 Å². The van der Waals surface area contributed by atoms with Gasteiger partial charge in [0.1, 0.15) is 0 Å². The first-order chi connectivity index (χ1) is 7.70. The maximum Gasteiger partial charge on any atom is 0.313 e. The van der Waals surface area contributed by atoms with Crippen LogP contribution in [0.25, 0.3) is 0 Å². The molecule has 98 valence electrons. The SMILES string of the molecule is CCOC(=O)[C@H](C)C(=C=CC(C)C)[Si](C)(C)C. The molecule has 0 aliphatic carbocycles. The Balaban J connectivity index is 5.22. The van der Waals surface area contributed by atoms with E-state index in [0.29, 0.717) is 12.5 Å². The number of hydrogen-bond acceptors (Lipinski definition) is 2. The normalized spacial score (nSPS) is 12.9. The average Bonchev–Trinajstić information content (AvgIpc) is 2.15. The van der Waals surface area contributed by atoms with Crippen molar-refractivity contribution in [1.82, 2.24) is 0 Å². The van der Waals surface area contributed by atoms with Crippen molar-refractivity contribution in [3.8, 4) is 0 Å². The van der Waals surface area contributed by atoms with E-state index < -0.39 is 8.07 Å². The van der Waals surface area contributed by atoms with Crippen LogP contribution in [0.1, 0.15) is 27.7 Å². The van der Waals surface area contributed by atoms with Crippen LogP contribution in [0.2, 0.25) is 19.6 Å². The van der Waals surface area contributed by atoms with Crippen LogP contribution in [0.5, 0.6) is 0 Å². The monoisotopic (exact) mass is 254 g/mol. The highest BCUT2D eigenvalue weighted by Crippen LogP contribution is 2.23. The first-order valence-corrected chi connectivity index (χ1v) is 9.84. The zero-order chi connectivity index (χ0) is 13.6. The van der Waals surface area contributed by atoms with Crippen molar-refractivity contribution in [2.75, 3.05) is 6.61 Å². The summed E-state index contributed by atoms with van der Waals surface area (Å²) in [7, 11) is -1.53. The first kappa shape index (κ1) is 16.2. The summed E-state index contributed by atoms with van der Waals surface area (Å²) in [4.78, 5) is 11.8. The lowest BCUT2D eigenvalue weighted by molar-refractivity contribution is -0.145. The van der Waals surface area contributed by atoms with Crippen LogP contribution < -0.4 is 0 Å². The van der Waals surface area contributed by atoms with Crippen molar-refractivity contribution in [3.05, 3.63) is 17.0 Å². The molecule has 0 aromatic heterocycles. The Kier molecular flexibility index (Phi) is 6.51. The fraction of sp³-hybridized carbons (Fsp3) is 0.714. The summed E-state index contributed by atoms with van der Waals surface area (Å²) >= 11 is 0. The van der Waals surface area contributed by atoms with Crippen LogP contribution in [-0.4, -0.2) is 20.7 Å². The molecule has 0 heterocycles. The van der Waals surface area contributed by atoms with Gasteiger partial charge in [0, 0.05) is 0 Å². The van der Waals surface area contributed by atoms with Gasteiger partial charge in [0.2, 0.25) is 0 Å². The molecule has 0 aromatic rings. The summed E-state index contributed by atoms with van der Waals surface area (Å²) in [6.45, 7) is 15.1. The van der Waals surface area contributed by atoms with Gasteiger partial charge >= 0.3 is 5.97 Å². The van der Waals surface area contributed by atoms with Gasteiger partial charge in [-0.05, 0) is 31.0 Å². The van der Waals surface area contributed by atoms with Crippen molar-refractivity contribution in [2.24, 2.45) is 11.8 Å². The fourth-order valence-corrected chi connectivity index (χ4v) is 3.57. The summed E-state index contributed by atoms with van der Waals surface area (Å²) in [6, 6.07) is 0. The Bertz CT molecular complexity index is 318. The lowest BCUT2D eigenvalue weighted by atomic mass is 10.1. The van der Waals surface area contributed by atoms with Crippen LogP contribution in [-0.2, 0) is 9.53 Å². The van der Waals surface area contributed by atoms with Gasteiger partial charge < -0.3 is 4.74 Å². The topological polar surface area (TPSA) is 26.3 Å². The zero-order valence-electron chi connectivity index (χ0n) is 12.3. The van der Waals surface area contributed by atoms with E-state index in [1.54, 1.807) is 0 Å². The Morgan fingerprint density at radius 1 is 1.29 bits per heavy atom. The summed E-state index contributed by atoms with van der Waals surface area (Å²) < 4.78 is 5.10. The van der Waals surface area contributed by atoms with Crippen LogP contribution in [0.3, 0.4) is 0 Å². The summed E-state index contributed by atoms with van der Waals surface area (Å²) in [5, 5.41) is 1.14. The number of carbonyl (C=O) groups excluding carboxylic acids is 1. The molecule has 0 aliphatic heterocycles. The summed E-state index contributed by atoms with van der Waals surface area (Å²) in [5.41, 5.74) is 3.35. The molecule has 0 aromatic carbocycles. The predicted octanol–water partition coefficient (Wildman–Crippen LogP) is 3.80. The second kappa shape index (κ2) is 6.82. The van der Waals surface area contributed by atoms with Gasteiger partial charge in [-0.25, -0.2) is 0 Å². The molecule has 3 heteroatoms. The average molecular weight is 254 g/mol. The molecule has 0 amide bonds. The highest BCUT2D eigenvalue weighted by molar-refractivity contribution is 6.83. The third-order valence-electron chi connectivity index (χ3n) is 2.45. The van der Waals surface area contributed by atoms with E-state index in [1.807, 2.05) is 19.9 Å². The Morgan fingerprint density at radius 2 is 1.82 bits per heavy atom. The number of hydrogen-bond donors (Lipinski definition) is 0. The number of carbonyl (C=O) groups is 1. The largest absolute Gasteiger partial charge is 0.466 e. The van der Waals surface area contributed by atoms with E-state index in [1.165, 1.54) is 0 Å². The van der Waals surface area contributed by atoms with Crippen molar-refractivity contribution < 1.29 is 9.53 Å². The number of ether oxygens (including phenoxy) is 1. The van der Waals surface area contributed by atoms with Gasteiger partial charge in [-0.3, -0.25) is 4.79 Å². The third kappa shape index (κ3) is 5.90. The molecule has 0 saturated carbocycles. The lowest BCUT2D eigenvalue weighted by Crippen LogP contribution is -2.32. The summed E-state index contributed by atoms with van der Waals surface area (Å²) in [5.74, 6) is 0.155. The van der Waals surface area contributed by atoms with Gasteiger partial charge in [0.25, 0.3) is 0 Å². The highest BCUT2D eigenvalue weighted by atomic mass is 28.3. The quantitative estimate of drug-likeness (QED) is 0.424. The minimum absolute atomic E-state index is 0.130. The van der Waals surface area contributed by atoms with Crippen molar-refractivity contribution >= 4 is 14.0 Å². The lowest BCUT2D eigenvalue weighted by Gasteiger charge is -2.23. The second-order valence-electron chi connectivity index (χ2n) is 5.69. The second-order valence-corrected chi connectivity index (χ2v) is 10.7. The van der Waals surface area contributed by atoms with Crippen LogP contribution in [0.15, 0.2) is 17.0 Å². The molecular weight excluding hydrogens is 228 g/mol. The molecule has 1 atom stereocenters. The molecular formula is C14H26O2Si. The standard InChI is InChI=1S/C14H26O2Si/c1-8-16-14(15)12(4)13(17(5,6)7)10-9-11(2)3/h9,11-12H,8H2,1-7H3/t10?,12-/m1/s1.